The molecule has 0 saturated carbocycles. The number of amides is 1. The third-order valence-electron chi connectivity index (χ3n) is 2.44. The van der Waals surface area contributed by atoms with Gasteiger partial charge < -0.3 is 19.5 Å². The SMILES string of the molecule is CN=C(NCC(=O)N(C)C)N(C)Cc1ccco1.I. The van der Waals surface area contributed by atoms with E-state index in [1.54, 1.807) is 27.4 Å². The fourth-order valence-corrected chi connectivity index (χ4v) is 1.41. The highest BCUT2D eigenvalue weighted by molar-refractivity contribution is 14.0. The van der Waals surface area contributed by atoms with Gasteiger partial charge in [0.05, 0.1) is 19.4 Å². The predicted octanol–water partition coefficient (Wildman–Crippen LogP) is 0.993. The van der Waals surface area contributed by atoms with E-state index >= 15 is 0 Å². The summed E-state index contributed by atoms with van der Waals surface area (Å²) in [6.07, 6.45) is 1.63. The summed E-state index contributed by atoms with van der Waals surface area (Å²) in [5.74, 6) is 1.50. The molecule has 19 heavy (non-hydrogen) atoms. The first-order valence-corrected chi connectivity index (χ1v) is 5.69. The number of hydrogen-bond acceptors (Lipinski definition) is 3. The molecule has 0 unspecified atom stereocenters. The molecule has 0 atom stereocenters. The van der Waals surface area contributed by atoms with Crippen LogP contribution in [0.1, 0.15) is 5.76 Å². The van der Waals surface area contributed by atoms with E-state index in [-0.39, 0.29) is 36.4 Å². The Hall–Kier alpha value is -1.25. The molecule has 0 fully saturated rings. The number of furan rings is 1. The monoisotopic (exact) mass is 380 g/mol. The number of nitrogens with one attached hydrogen (secondary N) is 1. The summed E-state index contributed by atoms with van der Waals surface area (Å²) in [6, 6.07) is 3.74. The largest absolute Gasteiger partial charge is 0.467 e. The Morgan fingerprint density at radius 3 is 2.58 bits per heavy atom. The Morgan fingerprint density at radius 1 is 1.42 bits per heavy atom. The summed E-state index contributed by atoms with van der Waals surface area (Å²) in [4.78, 5) is 19.0. The van der Waals surface area contributed by atoms with Crippen LogP contribution in [0.3, 0.4) is 0 Å². The summed E-state index contributed by atoms with van der Waals surface area (Å²) in [5.41, 5.74) is 0. The summed E-state index contributed by atoms with van der Waals surface area (Å²) in [5, 5.41) is 3.01. The highest BCUT2D eigenvalue weighted by atomic mass is 127. The third-order valence-corrected chi connectivity index (χ3v) is 2.44. The molecule has 0 aliphatic rings. The fraction of sp³-hybridized carbons (Fsp3) is 0.500. The summed E-state index contributed by atoms with van der Waals surface area (Å²) in [7, 11) is 7.01. The molecule has 0 saturated heterocycles. The van der Waals surface area contributed by atoms with Gasteiger partial charge in [-0.2, -0.15) is 0 Å². The number of hydrogen-bond donors (Lipinski definition) is 1. The van der Waals surface area contributed by atoms with Crippen LogP contribution < -0.4 is 5.32 Å². The van der Waals surface area contributed by atoms with Crippen molar-refractivity contribution in [2.24, 2.45) is 4.99 Å². The molecule has 1 N–H and O–H groups in total. The van der Waals surface area contributed by atoms with Gasteiger partial charge in [-0.1, -0.05) is 0 Å². The molecule has 0 spiro atoms. The van der Waals surface area contributed by atoms with Gasteiger partial charge in [-0.15, -0.1) is 24.0 Å². The van der Waals surface area contributed by atoms with Crippen LogP contribution in [-0.4, -0.2) is 56.4 Å². The van der Waals surface area contributed by atoms with Crippen LogP contribution in [0.2, 0.25) is 0 Å². The van der Waals surface area contributed by atoms with Gasteiger partial charge in [0.2, 0.25) is 5.91 Å². The van der Waals surface area contributed by atoms with Crippen LogP contribution in [-0.2, 0) is 11.3 Å². The van der Waals surface area contributed by atoms with Crippen LogP contribution in [0.4, 0.5) is 0 Å². The second-order valence-electron chi connectivity index (χ2n) is 4.12. The van der Waals surface area contributed by atoms with Crippen LogP contribution in [0.15, 0.2) is 27.8 Å². The van der Waals surface area contributed by atoms with Crippen molar-refractivity contribution < 1.29 is 9.21 Å². The topological polar surface area (TPSA) is 61.1 Å². The lowest BCUT2D eigenvalue weighted by molar-refractivity contribution is -0.127. The zero-order valence-electron chi connectivity index (χ0n) is 11.7. The van der Waals surface area contributed by atoms with Crippen molar-refractivity contribution in [3.05, 3.63) is 24.2 Å². The van der Waals surface area contributed by atoms with Crippen molar-refractivity contribution >= 4 is 35.8 Å². The predicted molar refractivity (Wildman–Crippen MR) is 85.6 cm³/mol. The van der Waals surface area contributed by atoms with Crippen molar-refractivity contribution in [2.75, 3.05) is 34.7 Å². The summed E-state index contributed by atoms with van der Waals surface area (Å²) < 4.78 is 5.26. The zero-order chi connectivity index (χ0) is 13.5. The van der Waals surface area contributed by atoms with Gasteiger partial charge in [0.1, 0.15) is 5.76 Å². The third kappa shape index (κ3) is 5.95. The molecular formula is C12H21IN4O2. The number of likely N-dealkylation sites (N-methyl/N-ethyl adjacent to an activating group) is 1. The van der Waals surface area contributed by atoms with Crippen LogP contribution in [0, 0.1) is 0 Å². The quantitative estimate of drug-likeness (QED) is 0.481. The van der Waals surface area contributed by atoms with Crippen molar-refractivity contribution in [1.82, 2.24) is 15.1 Å². The molecular weight excluding hydrogens is 359 g/mol. The van der Waals surface area contributed by atoms with Crippen molar-refractivity contribution in [2.45, 2.75) is 6.54 Å². The Kier molecular flexibility index (Phi) is 8.21. The first kappa shape index (κ1) is 17.8. The molecule has 1 aromatic heterocycles. The van der Waals surface area contributed by atoms with E-state index in [1.165, 1.54) is 4.90 Å². The number of guanidine groups is 1. The maximum absolute atomic E-state index is 11.5. The Bertz CT molecular complexity index is 404. The standard InChI is InChI=1S/C12H20N4O2.HI/c1-13-12(14-8-11(17)15(2)3)16(4)9-10-6-5-7-18-10;/h5-7H,8-9H2,1-4H3,(H,13,14);1H. The Balaban J connectivity index is 0.00000324. The van der Waals surface area contributed by atoms with Gasteiger partial charge in [0.25, 0.3) is 0 Å². The number of rotatable bonds is 4. The molecule has 0 aromatic carbocycles. The van der Waals surface area contributed by atoms with Gasteiger partial charge in [0, 0.05) is 28.2 Å². The molecule has 7 heteroatoms. The number of carbonyl (C=O) groups excluding carboxylic acids is 1. The van der Waals surface area contributed by atoms with E-state index in [0.717, 1.165) is 5.76 Å². The minimum atomic E-state index is 0. The van der Waals surface area contributed by atoms with E-state index in [4.69, 9.17) is 4.42 Å². The van der Waals surface area contributed by atoms with Gasteiger partial charge >= 0.3 is 0 Å². The maximum Gasteiger partial charge on any atom is 0.241 e. The molecule has 108 valence electrons. The lowest BCUT2D eigenvalue weighted by Crippen LogP contribution is -2.43. The number of aliphatic imine (C=N–C) groups is 1. The van der Waals surface area contributed by atoms with Crippen LogP contribution >= 0.6 is 24.0 Å². The van der Waals surface area contributed by atoms with Gasteiger partial charge in [-0.25, -0.2) is 0 Å². The second kappa shape index (κ2) is 8.78. The first-order valence-electron chi connectivity index (χ1n) is 5.69. The molecule has 0 aliphatic heterocycles. The second-order valence-corrected chi connectivity index (χ2v) is 4.12. The average molecular weight is 380 g/mol. The van der Waals surface area contributed by atoms with E-state index in [0.29, 0.717) is 12.5 Å². The average Bonchev–Trinajstić information content (AvgIpc) is 2.82. The molecule has 0 radical (unpaired) electrons. The van der Waals surface area contributed by atoms with E-state index in [1.807, 2.05) is 24.1 Å². The summed E-state index contributed by atoms with van der Waals surface area (Å²) in [6.45, 7) is 0.824. The highest BCUT2D eigenvalue weighted by Crippen LogP contribution is 2.03. The number of carbonyl (C=O) groups is 1. The van der Waals surface area contributed by atoms with E-state index < -0.39 is 0 Å². The normalized spacial score (nSPS) is 10.6. The maximum atomic E-state index is 11.5. The minimum absolute atomic E-state index is 0. The van der Waals surface area contributed by atoms with Crippen molar-refractivity contribution in [1.29, 1.82) is 0 Å². The number of halogens is 1. The lowest BCUT2D eigenvalue weighted by atomic mass is 10.4. The molecule has 1 heterocycles. The number of nitrogens with zero attached hydrogens (tertiary/aromatic N) is 3. The smallest absolute Gasteiger partial charge is 0.241 e. The van der Waals surface area contributed by atoms with Crippen molar-refractivity contribution in [3.63, 3.8) is 0 Å². The minimum Gasteiger partial charge on any atom is -0.467 e. The van der Waals surface area contributed by atoms with Gasteiger partial charge in [0.15, 0.2) is 5.96 Å². The fourth-order valence-electron chi connectivity index (χ4n) is 1.41. The van der Waals surface area contributed by atoms with Crippen LogP contribution in [0.5, 0.6) is 0 Å². The van der Waals surface area contributed by atoms with Crippen molar-refractivity contribution in [3.8, 4) is 0 Å². The van der Waals surface area contributed by atoms with Gasteiger partial charge in [-0.3, -0.25) is 9.79 Å². The lowest BCUT2D eigenvalue weighted by Gasteiger charge is -2.21. The Labute approximate surface area is 130 Å². The first-order chi connectivity index (χ1) is 8.54. The molecule has 1 aromatic rings. The molecule has 6 nitrogen and oxygen atoms in total. The highest BCUT2D eigenvalue weighted by Gasteiger charge is 2.10. The molecule has 0 aliphatic carbocycles. The molecule has 0 bridgehead atoms. The Morgan fingerprint density at radius 2 is 2.11 bits per heavy atom. The van der Waals surface area contributed by atoms with Crippen LogP contribution in [0.25, 0.3) is 0 Å². The molecule has 1 amide bonds. The zero-order valence-corrected chi connectivity index (χ0v) is 14.0. The molecule has 1 rings (SSSR count). The summed E-state index contributed by atoms with van der Waals surface area (Å²) >= 11 is 0. The van der Waals surface area contributed by atoms with Gasteiger partial charge in [-0.05, 0) is 12.1 Å². The van der Waals surface area contributed by atoms with E-state index in [2.05, 4.69) is 10.3 Å². The van der Waals surface area contributed by atoms with E-state index in [9.17, 15) is 4.79 Å².